The fourth-order valence-corrected chi connectivity index (χ4v) is 3.99. The van der Waals surface area contributed by atoms with Crippen LogP contribution in [0.4, 0.5) is 4.79 Å². The van der Waals surface area contributed by atoms with Gasteiger partial charge in [-0.15, -0.1) is 0 Å². The number of fused-ring (bicyclic) bond motifs is 3. The number of carbonyl (C=O) groups excluding carboxylic acids is 1. The predicted molar refractivity (Wildman–Crippen MR) is 62.1 cm³/mol. The van der Waals surface area contributed by atoms with Crippen LogP contribution >= 0.6 is 0 Å². The average Bonchev–Trinajstić information content (AvgIpc) is 2.70. The van der Waals surface area contributed by atoms with E-state index in [1.54, 1.807) is 0 Å². The van der Waals surface area contributed by atoms with E-state index in [-0.39, 0.29) is 18.8 Å². The van der Waals surface area contributed by atoms with E-state index in [9.17, 15) is 13.2 Å². The molecule has 7 heteroatoms. The third-order valence-electron chi connectivity index (χ3n) is 3.70. The van der Waals surface area contributed by atoms with Crippen molar-refractivity contribution in [2.75, 3.05) is 19.5 Å². The molecule has 0 aromatic carbocycles. The second-order valence-corrected chi connectivity index (χ2v) is 6.97. The molecule has 2 atom stereocenters. The van der Waals surface area contributed by atoms with Crippen LogP contribution in [0.2, 0.25) is 0 Å². The number of rotatable bonds is 1. The van der Waals surface area contributed by atoms with E-state index in [0.29, 0.717) is 23.6 Å². The van der Waals surface area contributed by atoms with E-state index >= 15 is 0 Å². The second kappa shape index (κ2) is 3.96. The second-order valence-electron chi connectivity index (χ2n) is 4.93. The molecule has 3 aliphatic rings. The Hall–Kier alpha value is -1.08. The molecule has 0 N–H and O–H groups in total. The zero-order chi connectivity index (χ0) is 12.9. The van der Waals surface area contributed by atoms with Crippen LogP contribution in [0.5, 0.6) is 0 Å². The lowest BCUT2D eigenvalue weighted by Gasteiger charge is -2.40. The minimum Gasteiger partial charge on any atom is -0.443 e. The molecule has 0 spiro atoms. The zero-order valence-corrected chi connectivity index (χ0v) is 10.9. The highest BCUT2D eigenvalue weighted by Crippen LogP contribution is 2.41. The molecule has 2 saturated heterocycles. The summed E-state index contributed by atoms with van der Waals surface area (Å²) in [6.07, 6.45) is 2.56. The van der Waals surface area contributed by atoms with Crippen LogP contribution in [0.3, 0.4) is 0 Å². The summed E-state index contributed by atoms with van der Waals surface area (Å²) in [5.74, 6) is 0.0536. The van der Waals surface area contributed by atoms with Crippen molar-refractivity contribution in [3.8, 4) is 0 Å². The van der Waals surface area contributed by atoms with Crippen LogP contribution in [0.25, 0.3) is 0 Å². The summed E-state index contributed by atoms with van der Waals surface area (Å²) in [4.78, 5) is 13.5. The van der Waals surface area contributed by atoms with Crippen LogP contribution in [0.1, 0.15) is 19.3 Å². The third-order valence-corrected chi connectivity index (χ3v) is 5.00. The van der Waals surface area contributed by atoms with Gasteiger partial charge in [-0.25, -0.2) is 13.2 Å². The molecule has 0 aromatic rings. The molecule has 0 aromatic heterocycles. The maximum absolute atomic E-state index is 11.8. The quantitative estimate of drug-likeness (QED) is 0.708. The minimum atomic E-state index is -3.30. The highest BCUT2D eigenvalue weighted by atomic mass is 32.2. The van der Waals surface area contributed by atoms with Crippen molar-refractivity contribution in [2.45, 2.75) is 25.5 Å². The summed E-state index contributed by atoms with van der Waals surface area (Å²) < 4.78 is 34.2. The standard InChI is InChI=1S/C11H15NO5S/c1-18(14,15)9-5-7-3-2-4-16-10(7)12-8(9)6-17-11(12)13/h7,10H,2-6H2,1H3/t7-,10+/m1/s1. The molecule has 2 fully saturated rings. The first kappa shape index (κ1) is 12.0. The summed E-state index contributed by atoms with van der Waals surface area (Å²) in [5, 5.41) is 0. The third kappa shape index (κ3) is 1.73. The Bertz CT molecular complexity index is 524. The predicted octanol–water partition coefficient (Wildman–Crippen LogP) is 0.851. The largest absolute Gasteiger partial charge is 0.443 e. The number of sulfone groups is 1. The van der Waals surface area contributed by atoms with Crippen molar-refractivity contribution in [1.29, 1.82) is 0 Å². The van der Waals surface area contributed by atoms with Crippen molar-refractivity contribution in [2.24, 2.45) is 5.92 Å². The Balaban J connectivity index is 2.09. The number of hydrogen-bond donors (Lipinski definition) is 0. The lowest BCUT2D eigenvalue weighted by atomic mass is 9.91. The number of hydrogen-bond acceptors (Lipinski definition) is 5. The van der Waals surface area contributed by atoms with Gasteiger partial charge in [0.2, 0.25) is 0 Å². The van der Waals surface area contributed by atoms with Crippen molar-refractivity contribution >= 4 is 15.9 Å². The maximum atomic E-state index is 11.8. The van der Waals surface area contributed by atoms with Crippen LogP contribution in [-0.4, -0.2) is 45.1 Å². The van der Waals surface area contributed by atoms with Crippen LogP contribution in [0.15, 0.2) is 10.6 Å². The van der Waals surface area contributed by atoms with Gasteiger partial charge >= 0.3 is 6.09 Å². The lowest BCUT2D eigenvalue weighted by Crippen LogP contribution is -2.48. The Kier molecular flexibility index (Phi) is 2.63. The summed E-state index contributed by atoms with van der Waals surface area (Å²) in [5.41, 5.74) is 0.464. The van der Waals surface area contributed by atoms with Crippen molar-refractivity contribution in [3.05, 3.63) is 10.6 Å². The first-order valence-corrected chi connectivity index (χ1v) is 7.87. The van der Waals surface area contributed by atoms with Gasteiger partial charge < -0.3 is 9.47 Å². The molecule has 0 bridgehead atoms. The lowest BCUT2D eigenvalue weighted by molar-refractivity contribution is -0.0943. The summed E-state index contributed by atoms with van der Waals surface area (Å²) in [6, 6.07) is 0. The first-order valence-electron chi connectivity index (χ1n) is 5.98. The zero-order valence-electron chi connectivity index (χ0n) is 10.1. The van der Waals surface area contributed by atoms with Crippen molar-refractivity contribution in [3.63, 3.8) is 0 Å². The van der Waals surface area contributed by atoms with Gasteiger partial charge in [0.1, 0.15) is 12.8 Å². The number of allylic oxidation sites excluding steroid dienone is 1. The van der Waals surface area contributed by atoms with Crippen molar-refractivity contribution < 1.29 is 22.7 Å². The van der Waals surface area contributed by atoms with Gasteiger partial charge in [-0.2, -0.15) is 0 Å². The first-order chi connectivity index (χ1) is 8.48. The van der Waals surface area contributed by atoms with Gasteiger partial charge in [0.25, 0.3) is 0 Å². The van der Waals surface area contributed by atoms with Gasteiger partial charge in [-0.05, 0) is 19.3 Å². The SMILES string of the molecule is CS(=O)(=O)C1=C2COC(=O)N2[C@H]2OCCC[C@@H]2C1. The Morgan fingerprint density at radius 3 is 2.89 bits per heavy atom. The number of cyclic esters (lactones) is 1. The van der Waals surface area contributed by atoms with Gasteiger partial charge in [-0.1, -0.05) is 0 Å². The van der Waals surface area contributed by atoms with Gasteiger partial charge in [0, 0.05) is 18.8 Å². The number of amides is 1. The normalized spacial score (nSPS) is 32.1. The fourth-order valence-electron chi connectivity index (χ4n) is 2.89. The Morgan fingerprint density at radius 2 is 2.17 bits per heavy atom. The van der Waals surface area contributed by atoms with Gasteiger partial charge in [0.05, 0.1) is 10.6 Å². The minimum absolute atomic E-state index is 0.0355. The van der Waals surface area contributed by atoms with Crippen LogP contribution < -0.4 is 0 Å². The molecule has 0 aliphatic carbocycles. The molecular weight excluding hydrogens is 258 g/mol. The Morgan fingerprint density at radius 1 is 1.39 bits per heavy atom. The van der Waals surface area contributed by atoms with Crippen molar-refractivity contribution in [1.82, 2.24) is 4.90 Å². The molecule has 100 valence electrons. The maximum Gasteiger partial charge on any atom is 0.416 e. The van der Waals surface area contributed by atoms with Crippen LogP contribution in [0, 0.1) is 5.92 Å². The molecule has 18 heavy (non-hydrogen) atoms. The van der Waals surface area contributed by atoms with E-state index in [0.717, 1.165) is 12.8 Å². The summed E-state index contributed by atoms with van der Waals surface area (Å²) >= 11 is 0. The topological polar surface area (TPSA) is 72.9 Å². The fraction of sp³-hybridized carbons (Fsp3) is 0.727. The molecule has 3 heterocycles. The number of ether oxygens (including phenoxy) is 2. The summed E-state index contributed by atoms with van der Waals surface area (Å²) in [6.45, 7) is 0.639. The molecular formula is C11H15NO5S. The van der Waals surface area contributed by atoms with Crippen LogP contribution in [-0.2, 0) is 19.3 Å². The van der Waals surface area contributed by atoms with Gasteiger partial charge in [0.15, 0.2) is 9.84 Å². The average molecular weight is 273 g/mol. The monoisotopic (exact) mass is 273 g/mol. The van der Waals surface area contributed by atoms with E-state index in [1.165, 1.54) is 11.2 Å². The van der Waals surface area contributed by atoms with E-state index in [1.807, 2.05) is 0 Å². The van der Waals surface area contributed by atoms with E-state index in [2.05, 4.69) is 0 Å². The highest BCUT2D eigenvalue weighted by molar-refractivity contribution is 7.94. The highest BCUT2D eigenvalue weighted by Gasteiger charge is 2.47. The molecule has 1 amide bonds. The molecule has 6 nitrogen and oxygen atoms in total. The number of nitrogens with zero attached hydrogens (tertiary/aromatic N) is 1. The summed E-state index contributed by atoms with van der Waals surface area (Å²) in [7, 11) is -3.30. The molecule has 3 rings (SSSR count). The Labute approximate surface area is 105 Å². The van der Waals surface area contributed by atoms with E-state index < -0.39 is 15.9 Å². The van der Waals surface area contributed by atoms with Gasteiger partial charge in [-0.3, -0.25) is 4.90 Å². The molecule has 0 unspecified atom stereocenters. The molecule has 3 aliphatic heterocycles. The van der Waals surface area contributed by atoms with E-state index in [4.69, 9.17) is 9.47 Å². The number of carbonyl (C=O) groups is 1. The molecule has 0 saturated carbocycles. The molecule has 0 radical (unpaired) electrons. The smallest absolute Gasteiger partial charge is 0.416 e.